The van der Waals surface area contributed by atoms with Gasteiger partial charge in [-0.3, -0.25) is 0 Å². The molecule has 0 bridgehead atoms. The van der Waals surface area contributed by atoms with E-state index in [0.717, 1.165) is 5.56 Å². The van der Waals surface area contributed by atoms with E-state index < -0.39 is 0 Å². The molecule has 1 nitrogen and oxygen atoms in total. The number of nitrogens with two attached hydrogens (primary N) is 1. The maximum absolute atomic E-state index is 5.67. The molecule has 0 spiro atoms. The molecular weight excluding hydrogens is 158 g/mol. The third kappa shape index (κ3) is 1.98. The molecule has 11 heavy (non-hydrogen) atoms. The molecule has 0 saturated carbocycles. The lowest BCUT2D eigenvalue weighted by Crippen LogP contribution is -2.06. The molecule has 1 aromatic carbocycles. The zero-order valence-electron chi connectivity index (χ0n) is 5.92. The Morgan fingerprint density at radius 1 is 1.36 bits per heavy atom. The van der Waals surface area contributed by atoms with E-state index in [9.17, 15) is 0 Å². The quantitative estimate of drug-likeness (QED) is 0.633. The Labute approximate surface area is 71.2 Å². The first-order valence-corrected chi connectivity index (χ1v) is 3.59. The van der Waals surface area contributed by atoms with E-state index in [1.54, 1.807) is 12.1 Å². The van der Waals surface area contributed by atoms with Crippen molar-refractivity contribution in [2.45, 2.75) is 6.04 Å². The van der Waals surface area contributed by atoms with E-state index in [0.29, 0.717) is 5.02 Å². The van der Waals surface area contributed by atoms with Crippen molar-refractivity contribution in [3.63, 3.8) is 0 Å². The van der Waals surface area contributed by atoms with Crippen LogP contribution in [0.15, 0.2) is 24.3 Å². The Hall–Kier alpha value is -0.970. The summed E-state index contributed by atoms with van der Waals surface area (Å²) >= 11 is 5.67. The average molecular weight is 166 g/mol. The van der Waals surface area contributed by atoms with Gasteiger partial charge >= 0.3 is 0 Å². The second-order valence-corrected chi connectivity index (χ2v) is 2.63. The van der Waals surface area contributed by atoms with Crippen LogP contribution in [-0.4, -0.2) is 0 Å². The van der Waals surface area contributed by atoms with E-state index in [1.165, 1.54) is 0 Å². The van der Waals surface area contributed by atoms with Crippen molar-refractivity contribution in [1.29, 1.82) is 0 Å². The Morgan fingerprint density at radius 2 is 1.91 bits per heavy atom. The van der Waals surface area contributed by atoms with Gasteiger partial charge in [-0.25, -0.2) is 0 Å². The van der Waals surface area contributed by atoms with Gasteiger partial charge in [0.25, 0.3) is 0 Å². The zero-order chi connectivity index (χ0) is 8.27. The van der Waals surface area contributed by atoms with Crippen LogP contribution in [0.3, 0.4) is 0 Å². The highest BCUT2D eigenvalue weighted by Gasteiger charge is 1.99. The minimum atomic E-state index is -0.327. The highest BCUT2D eigenvalue weighted by atomic mass is 35.5. The fraction of sp³-hybridized carbons (Fsp3) is 0.111. The molecule has 0 amide bonds. The number of halogens is 1. The van der Waals surface area contributed by atoms with Gasteiger partial charge < -0.3 is 5.73 Å². The third-order valence-corrected chi connectivity index (χ3v) is 1.66. The molecule has 0 heterocycles. The lowest BCUT2D eigenvalue weighted by atomic mass is 10.1. The maximum atomic E-state index is 5.67. The fourth-order valence-electron chi connectivity index (χ4n) is 0.766. The molecule has 56 valence electrons. The first kappa shape index (κ1) is 8.13. The molecule has 0 fully saturated rings. The smallest absolute Gasteiger partial charge is 0.0918 e. The summed E-state index contributed by atoms with van der Waals surface area (Å²) in [7, 11) is 0. The Kier molecular flexibility index (Phi) is 2.53. The number of hydrogen-bond acceptors (Lipinski definition) is 1. The van der Waals surface area contributed by atoms with Gasteiger partial charge in [-0.2, -0.15) is 0 Å². The molecule has 0 aliphatic heterocycles. The molecule has 0 aromatic heterocycles. The lowest BCUT2D eigenvalue weighted by molar-refractivity contribution is 0.947. The van der Waals surface area contributed by atoms with Crippen molar-refractivity contribution in [2.24, 2.45) is 5.73 Å². The van der Waals surface area contributed by atoms with Crippen LogP contribution in [0.4, 0.5) is 0 Å². The van der Waals surface area contributed by atoms with Gasteiger partial charge in [-0.15, -0.1) is 6.42 Å². The highest BCUT2D eigenvalue weighted by Crippen LogP contribution is 2.13. The summed E-state index contributed by atoms with van der Waals surface area (Å²) in [4.78, 5) is 0. The maximum Gasteiger partial charge on any atom is 0.0918 e. The molecule has 0 radical (unpaired) electrons. The molecule has 1 aromatic rings. The summed E-state index contributed by atoms with van der Waals surface area (Å²) in [6, 6.07) is 6.87. The van der Waals surface area contributed by atoms with Crippen molar-refractivity contribution in [1.82, 2.24) is 0 Å². The molecule has 0 saturated heterocycles. The van der Waals surface area contributed by atoms with E-state index in [-0.39, 0.29) is 6.04 Å². The van der Waals surface area contributed by atoms with Gasteiger partial charge in [-0.05, 0) is 17.7 Å². The predicted molar refractivity (Wildman–Crippen MR) is 47.2 cm³/mol. The zero-order valence-corrected chi connectivity index (χ0v) is 6.68. The molecule has 2 heteroatoms. The van der Waals surface area contributed by atoms with Crippen LogP contribution in [-0.2, 0) is 0 Å². The van der Waals surface area contributed by atoms with Crippen molar-refractivity contribution >= 4 is 11.6 Å². The average Bonchev–Trinajstić information content (AvgIpc) is 2.05. The molecule has 0 aliphatic rings. The second-order valence-electron chi connectivity index (χ2n) is 2.20. The van der Waals surface area contributed by atoms with Gasteiger partial charge in [-0.1, -0.05) is 29.7 Å². The Bertz CT molecular complexity index is 271. The summed E-state index contributed by atoms with van der Waals surface area (Å²) in [6.45, 7) is 0. The van der Waals surface area contributed by atoms with Crippen molar-refractivity contribution in [3.05, 3.63) is 34.9 Å². The monoisotopic (exact) mass is 165 g/mol. The van der Waals surface area contributed by atoms with E-state index in [1.807, 2.05) is 12.1 Å². The van der Waals surface area contributed by atoms with Crippen LogP contribution in [0, 0.1) is 12.3 Å². The third-order valence-electron chi connectivity index (χ3n) is 1.41. The fourth-order valence-corrected chi connectivity index (χ4v) is 0.892. The van der Waals surface area contributed by atoms with Gasteiger partial charge in [0, 0.05) is 5.02 Å². The summed E-state index contributed by atoms with van der Waals surface area (Å²) < 4.78 is 0. The Morgan fingerprint density at radius 3 is 2.36 bits per heavy atom. The summed E-state index contributed by atoms with van der Waals surface area (Å²) in [6.07, 6.45) is 5.13. The van der Waals surface area contributed by atoms with Crippen LogP contribution in [0.5, 0.6) is 0 Å². The van der Waals surface area contributed by atoms with Gasteiger partial charge in [0.15, 0.2) is 0 Å². The van der Waals surface area contributed by atoms with Gasteiger partial charge in [0.05, 0.1) is 6.04 Å². The van der Waals surface area contributed by atoms with E-state index in [2.05, 4.69) is 5.92 Å². The highest BCUT2D eigenvalue weighted by molar-refractivity contribution is 6.30. The summed E-state index contributed by atoms with van der Waals surface area (Å²) in [5.41, 5.74) is 6.48. The largest absolute Gasteiger partial charge is 0.314 e. The minimum Gasteiger partial charge on any atom is -0.314 e. The summed E-state index contributed by atoms with van der Waals surface area (Å²) in [5.74, 6) is 2.44. The molecular formula is C9H8ClN. The van der Waals surface area contributed by atoms with Crippen LogP contribution in [0.2, 0.25) is 5.02 Å². The van der Waals surface area contributed by atoms with Gasteiger partial charge in [0.2, 0.25) is 0 Å². The Balaban J connectivity index is 2.92. The molecule has 2 N–H and O–H groups in total. The first-order valence-electron chi connectivity index (χ1n) is 3.21. The lowest BCUT2D eigenvalue weighted by Gasteiger charge is -2.02. The van der Waals surface area contributed by atoms with Crippen LogP contribution < -0.4 is 5.73 Å². The first-order chi connectivity index (χ1) is 5.24. The van der Waals surface area contributed by atoms with Crippen molar-refractivity contribution in [2.75, 3.05) is 0 Å². The number of terminal acetylenes is 1. The van der Waals surface area contributed by atoms with Crippen molar-refractivity contribution < 1.29 is 0 Å². The minimum absolute atomic E-state index is 0.327. The normalized spacial score (nSPS) is 12.1. The van der Waals surface area contributed by atoms with E-state index >= 15 is 0 Å². The number of rotatable bonds is 1. The molecule has 0 aliphatic carbocycles. The number of benzene rings is 1. The number of hydrogen-bond donors (Lipinski definition) is 1. The SMILES string of the molecule is C#C[C@@H](N)c1ccc(Cl)cc1. The van der Waals surface area contributed by atoms with Gasteiger partial charge in [0.1, 0.15) is 0 Å². The predicted octanol–water partition coefficient (Wildman–Crippen LogP) is 1.97. The molecule has 1 atom stereocenters. The topological polar surface area (TPSA) is 26.0 Å². The standard InChI is InChI=1S/C9H8ClN/c1-2-9(11)7-3-5-8(10)6-4-7/h1,3-6,9H,11H2/t9-/m1/s1. The molecule has 0 unspecified atom stereocenters. The summed E-state index contributed by atoms with van der Waals surface area (Å²) in [5, 5.41) is 0.693. The second kappa shape index (κ2) is 3.43. The van der Waals surface area contributed by atoms with Crippen molar-refractivity contribution in [3.8, 4) is 12.3 Å². The molecule has 1 rings (SSSR count). The van der Waals surface area contributed by atoms with Crippen LogP contribution >= 0.6 is 11.6 Å². The van der Waals surface area contributed by atoms with E-state index in [4.69, 9.17) is 23.8 Å². The van der Waals surface area contributed by atoms with Crippen LogP contribution in [0.25, 0.3) is 0 Å². The van der Waals surface area contributed by atoms with Crippen LogP contribution in [0.1, 0.15) is 11.6 Å².